The molecule has 0 spiro atoms. The fraction of sp³-hybridized carbons (Fsp3) is 0.150. The number of fused-ring (bicyclic) bond motifs is 1. The summed E-state index contributed by atoms with van der Waals surface area (Å²) in [4.78, 5) is 22.0. The van der Waals surface area contributed by atoms with Gasteiger partial charge in [-0.05, 0) is 43.7 Å². The minimum atomic E-state index is -5.08. The van der Waals surface area contributed by atoms with Crippen LogP contribution in [-0.2, 0) is 4.79 Å². The van der Waals surface area contributed by atoms with Crippen molar-refractivity contribution in [3.63, 3.8) is 0 Å². The molecule has 11 heteroatoms. The maximum atomic E-state index is 10.6. The predicted octanol–water partition coefficient (Wildman–Crippen LogP) is 4.20. The van der Waals surface area contributed by atoms with E-state index in [1.807, 2.05) is 62.5 Å². The predicted molar refractivity (Wildman–Crippen MR) is 107 cm³/mol. The largest absolute Gasteiger partial charge is 0.490 e. The number of nitrogens with one attached hydrogen (secondary N) is 1. The Morgan fingerprint density at radius 3 is 2.32 bits per heavy atom. The number of hydrogen-bond donors (Lipinski definition) is 2. The number of nitrogens with zero attached hydrogens (tertiary/aromatic N) is 5. The summed E-state index contributed by atoms with van der Waals surface area (Å²) in [6.07, 6.45) is -1.54. The summed E-state index contributed by atoms with van der Waals surface area (Å²) in [6.45, 7) is 3.92. The number of hydrogen-bond acceptors (Lipinski definition) is 6. The van der Waals surface area contributed by atoms with Gasteiger partial charge in [-0.15, -0.1) is 0 Å². The highest BCUT2D eigenvalue weighted by atomic mass is 19.4. The summed E-state index contributed by atoms with van der Waals surface area (Å²) in [5.41, 5.74) is 3.97. The molecule has 0 amide bonds. The molecule has 4 aromatic rings. The van der Waals surface area contributed by atoms with E-state index in [9.17, 15) is 13.2 Å². The highest BCUT2D eigenvalue weighted by Gasteiger charge is 2.38. The second-order valence-corrected chi connectivity index (χ2v) is 6.42. The Labute approximate surface area is 174 Å². The number of aliphatic carboxylic acids is 1. The van der Waals surface area contributed by atoms with Crippen LogP contribution in [0, 0.1) is 13.8 Å². The summed E-state index contributed by atoms with van der Waals surface area (Å²) in [5.74, 6) is -1.43. The molecule has 0 unspecified atom stereocenters. The molecule has 0 saturated carbocycles. The molecule has 0 atom stereocenters. The number of carbonyl (C=O) groups is 1. The van der Waals surface area contributed by atoms with Crippen molar-refractivity contribution in [1.29, 1.82) is 0 Å². The van der Waals surface area contributed by atoms with Crippen molar-refractivity contribution >= 4 is 28.5 Å². The minimum Gasteiger partial charge on any atom is -0.475 e. The molecule has 0 aliphatic rings. The van der Waals surface area contributed by atoms with Gasteiger partial charge >= 0.3 is 12.1 Å². The molecule has 2 aromatic carbocycles. The molecule has 0 aliphatic heterocycles. The topological polar surface area (TPSA) is 106 Å². The standard InChI is InChI=1S/C18H16N6.C2HF3O2/c1-12-4-3-5-14-10-19-18(22-17(12)14)21-15-6-8-16(9-7-15)24-11-20-13(2)23-24;3-2(4,5)1(6)7/h3-11H,1-2H3,(H,19,21,22);(H,6,7). The van der Waals surface area contributed by atoms with E-state index in [4.69, 9.17) is 9.90 Å². The number of benzene rings is 2. The fourth-order valence-electron chi connectivity index (χ4n) is 2.56. The van der Waals surface area contributed by atoms with Crippen LogP contribution >= 0.6 is 0 Å². The second-order valence-electron chi connectivity index (χ2n) is 6.42. The van der Waals surface area contributed by atoms with Crippen molar-refractivity contribution in [2.75, 3.05) is 5.32 Å². The lowest BCUT2D eigenvalue weighted by molar-refractivity contribution is -0.192. The highest BCUT2D eigenvalue weighted by Crippen LogP contribution is 2.20. The first-order chi connectivity index (χ1) is 14.6. The van der Waals surface area contributed by atoms with Crippen LogP contribution in [0.15, 0.2) is 55.0 Å². The summed E-state index contributed by atoms with van der Waals surface area (Å²) in [5, 5.41) is 15.7. The molecular formula is C20H17F3N6O2. The first kappa shape index (κ1) is 21.7. The summed E-state index contributed by atoms with van der Waals surface area (Å²) < 4.78 is 33.5. The van der Waals surface area contributed by atoms with Gasteiger partial charge in [0.2, 0.25) is 5.95 Å². The quantitative estimate of drug-likeness (QED) is 0.502. The maximum absolute atomic E-state index is 10.6. The third-order valence-corrected chi connectivity index (χ3v) is 4.05. The zero-order valence-corrected chi connectivity index (χ0v) is 16.4. The highest BCUT2D eigenvalue weighted by molar-refractivity contribution is 5.82. The maximum Gasteiger partial charge on any atom is 0.490 e. The van der Waals surface area contributed by atoms with Crippen molar-refractivity contribution in [3.8, 4) is 5.69 Å². The Hall–Kier alpha value is -4.02. The number of para-hydroxylation sites is 1. The molecule has 0 fully saturated rings. The van der Waals surface area contributed by atoms with Crippen LogP contribution in [0.2, 0.25) is 0 Å². The van der Waals surface area contributed by atoms with Crippen LogP contribution in [0.25, 0.3) is 16.6 Å². The van der Waals surface area contributed by atoms with E-state index in [1.165, 1.54) is 0 Å². The average molecular weight is 430 g/mol. The molecule has 4 rings (SSSR count). The number of aromatic nitrogens is 5. The molecule has 0 aliphatic carbocycles. The van der Waals surface area contributed by atoms with Crippen molar-refractivity contribution in [2.24, 2.45) is 0 Å². The minimum absolute atomic E-state index is 0.584. The average Bonchev–Trinajstić information content (AvgIpc) is 3.15. The van der Waals surface area contributed by atoms with Gasteiger partial charge in [0, 0.05) is 17.3 Å². The van der Waals surface area contributed by atoms with E-state index >= 15 is 0 Å². The SMILES string of the molecule is Cc1ncn(-c2ccc(Nc3ncc4cccc(C)c4n3)cc2)n1.O=C(O)C(F)(F)F. The van der Waals surface area contributed by atoms with Gasteiger partial charge in [0.1, 0.15) is 12.2 Å². The number of anilines is 2. The van der Waals surface area contributed by atoms with E-state index in [2.05, 4.69) is 25.4 Å². The van der Waals surface area contributed by atoms with Crippen molar-refractivity contribution < 1.29 is 23.1 Å². The molecule has 2 heterocycles. The van der Waals surface area contributed by atoms with Crippen LogP contribution in [-0.4, -0.2) is 42.0 Å². The lowest BCUT2D eigenvalue weighted by Gasteiger charge is -2.08. The van der Waals surface area contributed by atoms with Crippen LogP contribution in [0.5, 0.6) is 0 Å². The fourth-order valence-corrected chi connectivity index (χ4v) is 2.56. The third-order valence-electron chi connectivity index (χ3n) is 4.05. The first-order valence-electron chi connectivity index (χ1n) is 8.91. The third kappa shape index (κ3) is 5.53. The summed E-state index contributed by atoms with van der Waals surface area (Å²) >= 11 is 0. The summed E-state index contributed by atoms with van der Waals surface area (Å²) in [6, 6.07) is 14.0. The van der Waals surface area contributed by atoms with Crippen molar-refractivity contribution in [1.82, 2.24) is 24.7 Å². The van der Waals surface area contributed by atoms with E-state index in [1.54, 1.807) is 11.0 Å². The Morgan fingerprint density at radius 1 is 1.06 bits per heavy atom. The number of rotatable bonds is 3. The molecule has 160 valence electrons. The van der Waals surface area contributed by atoms with Gasteiger partial charge < -0.3 is 10.4 Å². The van der Waals surface area contributed by atoms with E-state index in [0.717, 1.165) is 33.7 Å². The zero-order chi connectivity index (χ0) is 22.6. The number of alkyl halides is 3. The van der Waals surface area contributed by atoms with Crippen LogP contribution < -0.4 is 5.32 Å². The van der Waals surface area contributed by atoms with Crippen LogP contribution in [0.1, 0.15) is 11.4 Å². The Morgan fingerprint density at radius 2 is 1.74 bits per heavy atom. The smallest absolute Gasteiger partial charge is 0.475 e. The molecule has 8 nitrogen and oxygen atoms in total. The molecule has 0 radical (unpaired) electrons. The lowest BCUT2D eigenvalue weighted by atomic mass is 10.1. The van der Waals surface area contributed by atoms with Crippen molar-refractivity contribution in [3.05, 3.63) is 66.4 Å². The summed E-state index contributed by atoms with van der Waals surface area (Å²) in [7, 11) is 0. The zero-order valence-electron chi connectivity index (χ0n) is 16.4. The monoisotopic (exact) mass is 430 g/mol. The number of carboxylic acids is 1. The molecular weight excluding hydrogens is 413 g/mol. The van der Waals surface area contributed by atoms with Gasteiger partial charge in [0.25, 0.3) is 0 Å². The van der Waals surface area contributed by atoms with Gasteiger partial charge in [-0.3, -0.25) is 0 Å². The molecule has 2 N–H and O–H groups in total. The normalized spacial score (nSPS) is 11.0. The van der Waals surface area contributed by atoms with Crippen molar-refractivity contribution in [2.45, 2.75) is 20.0 Å². The van der Waals surface area contributed by atoms with Gasteiger partial charge in [-0.25, -0.2) is 24.4 Å². The van der Waals surface area contributed by atoms with Gasteiger partial charge in [0.15, 0.2) is 0 Å². The van der Waals surface area contributed by atoms with E-state index < -0.39 is 12.1 Å². The molecule has 0 bridgehead atoms. The number of carboxylic acid groups (broad SMARTS) is 1. The molecule has 31 heavy (non-hydrogen) atoms. The lowest BCUT2D eigenvalue weighted by Crippen LogP contribution is -2.21. The van der Waals surface area contributed by atoms with E-state index in [-0.39, 0.29) is 0 Å². The van der Waals surface area contributed by atoms with Crippen LogP contribution in [0.3, 0.4) is 0 Å². The molecule has 2 aromatic heterocycles. The number of halogens is 3. The first-order valence-corrected chi connectivity index (χ1v) is 8.91. The van der Waals surface area contributed by atoms with Crippen LogP contribution in [0.4, 0.5) is 24.8 Å². The Balaban J connectivity index is 0.000000339. The van der Waals surface area contributed by atoms with Gasteiger partial charge in [-0.2, -0.15) is 18.3 Å². The van der Waals surface area contributed by atoms with Gasteiger partial charge in [-0.1, -0.05) is 18.2 Å². The number of aryl methyl sites for hydroxylation is 2. The van der Waals surface area contributed by atoms with Gasteiger partial charge in [0.05, 0.1) is 11.2 Å². The Bertz CT molecular complexity index is 1210. The molecule has 0 saturated heterocycles. The second kappa shape index (κ2) is 8.78. The van der Waals surface area contributed by atoms with E-state index in [0.29, 0.717) is 5.95 Å². The Kier molecular flexibility index (Phi) is 6.14.